The maximum Gasteiger partial charge on any atom is 0.293 e. The zero-order valence-corrected chi connectivity index (χ0v) is 10.9. The molecule has 6 nitrogen and oxygen atoms in total. The zero-order chi connectivity index (χ0) is 14.5. The molecule has 2 atom stereocenters. The molecule has 102 valence electrons. The van der Waals surface area contributed by atoms with Gasteiger partial charge in [0.05, 0.1) is 0 Å². The molecule has 1 aromatic carbocycles. The number of hydroxylamine groups is 1. The van der Waals surface area contributed by atoms with E-state index >= 15 is 0 Å². The first-order valence-corrected chi connectivity index (χ1v) is 5.82. The Morgan fingerprint density at radius 2 is 2.16 bits per heavy atom. The summed E-state index contributed by atoms with van der Waals surface area (Å²) in [7, 11) is 0. The second-order valence-corrected chi connectivity index (χ2v) is 4.14. The molecule has 0 aliphatic carbocycles. The molecule has 0 heterocycles. The van der Waals surface area contributed by atoms with Crippen molar-refractivity contribution in [2.75, 3.05) is 6.61 Å². The first-order chi connectivity index (χ1) is 8.99. The lowest BCUT2D eigenvalue weighted by atomic mass is 9.91. The van der Waals surface area contributed by atoms with E-state index in [0.717, 1.165) is 0 Å². The largest absolute Gasteiger partial charge is 0.369 e. The Morgan fingerprint density at radius 1 is 1.58 bits per heavy atom. The maximum atomic E-state index is 11.5. The number of hydrogen-bond donors (Lipinski definition) is 3. The molecule has 3 N–H and O–H groups in total. The Morgan fingerprint density at radius 3 is 2.58 bits per heavy atom. The number of nitrogens with one attached hydrogen (secondary N) is 1. The first-order valence-electron chi connectivity index (χ1n) is 5.44. The number of ether oxygens (including phenoxy) is 1. The highest BCUT2D eigenvalue weighted by Crippen LogP contribution is 2.30. The van der Waals surface area contributed by atoms with Crippen LogP contribution in [0, 0.1) is 11.3 Å². The van der Waals surface area contributed by atoms with E-state index in [0.29, 0.717) is 10.6 Å². The Kier molecular flexibility index (Phi) is 5.27. The van der Waals surface area contributed by atoms with Gasteiger partial charge in [0.15, 0.2) is 0 Å². The Hall–Kier alpha value is -1.65. The fourth-order valence-corrected chi connectivity index (χ4v) is 1.70. The van der Waals surface area contributed by atoms with Crippen LogP contribution in [0.1, 0.15) is 18.6 Å². The minimum absolute atomic E-state index is 0.163. The van der Waals surface area contributed by atoms with Crippen LogP contribution in [-0.4, -0.2) is 28.4 Å². The number of carbonyl (C=O) groups excluding carboxylic acids is 1. The number of halogens is 1. The summed E-state index contributed by atoms with van der Waals surface area (Å²) in [5.41, 5.74) is -0.896. The lowest BCUT2D eigenvalue weighted by Gasteiger charge is -2.28. The molecule has 0 spiro atoms. The summed E-state index contributed by atoms with van der Waals surface area (Å²) < 4.78 is 5.26. The average Bonchev–Trinajstić information content (AvgIpc) is 2.44. The molecule has 2 unspecified atom stereocenters. The fourth-order valence-electron chi connectivity index (χ4n) is 1.58. The summed E-state index contributed by atoms with van der Waals surface area (Å²) in [5, 5.41) is 28.2. The number of nitrogens with zero attached hydrogens (tertiary/aromatic N) is 1. The topological polar surface area (TPSA) is 103 Å². The number of nitriles is 1. The molecule has 19 heavy (non-hydrogen) atoms. The van der Waals surface area contributed by atoms with Gasteiger partial charge in [-0.1, -0.05) is 23.7 Å². The van der Waals surface area contributed by atoms with Gasteiger partial charge in [-0.25, -0.2) is 5.48 Å². The van der Waals surface area contributed by atoms with Crippen LogP contribution in [0.3, 0.4) is 0 Å². The van der Waals surface area contributed by atoms with Crippen LogP contribution in [0.4, 0.5) is 0 Å². The van der Waals surface area contributed by atoms with Gasteiger partial charge in [-0.3, -0.25) is 10.0 Å². The van der Waals surface area contributed by atoms with Gasteiger partial charge in [-0.15, -0.1) is 0 Å². The van der Waals surface area contributed by atoms with Crippen molar-refractivity contribution in [2.24, 2.45) is 0 Å². The third-order valence-corrected chi connectivity index (χ3v) is 2.76. The summed E-state index contributed by atoms with van der Waals surface area (Å²) in [4.78, 5) is 11.5. The molecule has 0 saturated carbocycles. The molecule has 1 rings (SSSR count). The second kappa shape index (κ2) is 6.50. The molecule has 7 heteroatoms. The normalized spacial score (nSPS) is 15.1. The smallest absolute Gasteiger partial charge is 0.293 e. The zero-order valence-electron chi connectivity index (χ0n) is 10.1. The van der Waals surface area contributed by atoms with Crippen LogP contribution in [0.2, 0.25) is 5.02 Å². The number of aliphatic hydroxyl groups is 1. The predicted molar refractivity (Wildman–Crippen MR) is 66.3 cm³/mol. The minimum Gasteiger partial charge on any atom is -0.369 e. The Bertz CT molecular complexity index is 485. The summed E-state index contributed by atoms with van der Waals surface area (Å²) >= 11 is 5.74. The molecule has 1 amide bonds. The lowest BCUT2D eigenvalue weighted by Crippen LogP contribution is -2.50. The monoisotopic (exact) mass is 284 g/mol. The lowest BCUT2D eigenvalue weighted by molar-refractivity contribution is -0.157. The summed E-state index contributed by atoms with van der Waals surface area (Å²) in [5.74, 6) is -1.26. The molecule has 0 aromatic heterocycles. The van der Waals surface area contributed by atoms with E-state index < -0.39 is 17.6 Å². The molecular formula is C12H13ClN2O4. The highest BCUT2D eigenvalue weighted by molar-refractivity contribution is 6.30. The number of hydrogen-bond acceptors (Lipinski definition) is 5. The van der Waals surface area contributed by atoms with E-state index in [4.69, 9.17) is 26.8 Å². The van der Waals surface area contributed by atoms with Crippen LogP contribution in [0.5, 0.6) is 0 Å². The highest BCUT2D eigenvalue weighted by Gasteiger charge is 2.46. The predicted octanol–water partition coefficient (Wildman–Crippen LogP) is 1.18. The number of rotatable bonds is 5. The van der Waals surface area contributed by atoms with Crippen molar-refractivity contribution in [2.45, 2.75) is 18.6 Å². The quantitative estimate of drug-likeness (QED) is 0.428. The van der Waals surface area contributed by atoms with Gasteiger partial charge < -0.3 is 9.84 Å². The van der Waals surface area contributed by atoms with Gasteiger partial charge in [0.2, 0.25) is 0 Å². The molecule has 0 fully saturated rings. The molecule has 0 bridgehead atoms. The fraction of sp³-hybridized carbons (Fsp3) is 0.333. The van der Waals surface area contributed by atoms with Crippen LogP contribution < -0.4 is 5.48 Å². The Labute approximate surface area is 115 Å². The van der Waals surface area contributed by atoms with Crippen molar-refractivity contribution in [3.63, 3.8) is 0 Å². The third-order valence-electron chi connectivity index (χ3n) is 2.50. The molecule has 1 aromatic rings. The average molecular weight is 285 g/mol. The van der Waals surface area contributed by atoms with Crippen molar-refractivity contribution in [3.05, 3.63) is 34.9 Å². The van der Waals surface area contributed by atoms with Gasteiger partial charge in [0, 0.05) is 11.6 Å². The van der Waals surface area contributed by atoms with Gasteiger partial charge in [0.25, 0.3) is 11.5 Å². The van der Waals surface area contributed by atoms with Crippen LogP contribution in [0.15, 0.2) is 24.3 Å². The van der Waals surface area contributed by atoms with E-state index in [9.17, 15) is 9.90 Å². The van der Waals surface area contributed by atoms with E-state index in [-0.39, 0.29) is 6.61 Å². The molecule has 0 aliphatic rings. The molecular weight excluding hydrogens is 272 g/mol. The molecule has 0 radical (unpaired) electrons. The van der Waals surface area contributed by atoms with E-state index in [1.165, 1.54) is 35.8 Å². The number of carbonyl (C=O) groups is 1. The van der Waals surface area contributed by atoms with Gasteiger partial charge in [-0.05, 0) is 24.6 Å². The van der Waals surface area contributed by atoms with Crippen molar-refractivity contribution in [3.8, 4) is 6.07 Å². The van der Waals surface area contributed by atoms with Gasteiger partial charge in [-0.2, -0.15) is 5.26 Å². The summed E-state index contributed by atoms with van der Waals surface area (Å²) in [6, 6.07) is 7.58. The van der Waals surface area contributed by atoms with Crippen molar-refractivity contribution in [1.29, 1.82) is 5.26 Å². The SMILES string of the molecule is CCOC(c1ccc(Cl)cc1)C(O)(C#N)C(=O)NO. The maximum absolute atomic E-state index is 11.5. The van der Waals surface area contributed by atoms with Crippen LogP contribution in [-0.2, 0) is 9.53 Å². The van der Waals surface area contributed by atoms with Crippen molar-refractivity contribution in [1.82, 2.24) is 5.48 Å². The first kappa shape index (κ1) is 15.4. The Balaban J connectivity index is 3.22. The molecule has 0 aliphatic heterocycles. The van der Waals surface area contributed by atoms with E-state index in [1.54, 1.807) is 6.92 Å². The summed E-state index contributed by atoms with van der Waals surface area (Å²) in [6.07, 6.45) is -1.24. The number of amides is 1. The van der Waals surface area contributed by atoms with E-state index in [1.807, 2.05) is 0 Å². The minimum atomic E-state index is -2.54. The second-order valence-electron chi connectivity index (χ2n) is 3.71. The standard InChI is InChI=1S/C12H13ClN2O4/c1-2-19-10(8-3-5-9(13)6-4-8)12(17,7-14)11(16)15-18/h3-6,10,17-18H,2H2,1H3,(H,15,16). The van der Waals surface area contributed by atoms with Crippen molar-refractivity contribution >= 4 is 17.5 Å². The van der Waals surface area contributed by atoms with Gasteiger partial charge >= 0.3 is 0 Å². The summed E-state index contributed by atoms with van der Waals surface area (Å²) in [6.45, 7) is 1.81. The highest BCUT2D eigenvalue weighted by atomic mass is 35.5. The molecule has 0 saturated heterocycles. The third kappa shape index (κ3) is 3.22. The van der Waals surface area contributed by atoms with Crippen LogP contribution in [0.25, 0.3) is 0 Å². The van der Waals surface area contributed by atoms with Gasteiger partial charge in [0.1, 0.15) is 12.2 Å². The van der Waals surface area contributed by atoms with E-state index in [2.05, 4.69) is 0 Å². The van der Waals surface area contributed by atoms with Crippen molar-refractivity contribution < 1.29 is 19.8 Å². The number of benzene rings is 1. The van der Waals surface area contributed by atoms with Crippen LogP contribution >= 0.6 is 11.6 Å².